The highest BCUT2D eigenvalue weighted by Gasteiger charge is 2.50. The van der Waals surface area contributed by atoms with Crippen LogP contribution in [-0.4, -0.2) is 101 Å². The highest BCUT2D eigenvalue weighted by atomic mass is 16.7. The zero-order chi connectivity index (χ0) is 35.3. The number of fused-ring (bicyclic) bond motifs is 1. The number of ether oxygens (including phenoxy) is 6. The Bertz CT molecular complexity index is 1620. The van der Waals surface area contributed by atoms with E-state index in [-0.39, 0.29) is 31.7 Å². The Kier molecular flexibility index (Phi) is 13.9. The fourth-order valence-corrected chi connectivity index (χ4v) is 6.98. The van der Waals surface area contributed by atoms with E-state index in [1.54, 1.807) is 14.2 Å². The number of carbonyl (C=O) groups is 1. The molecule has 4 atom stereocenters. The van der Waals surface area contributed by atoms with E-state index in [0.29, 0.717) is 58.3 Å². The lowest BCUT2D eigenvalue weighted by Gasteiger charge is -2.38. The number of nitrogens with zero attached hydrogens (tertiary/aromatic N) is 2. The molecule has 1 aliphatic carbocycles. The van der Waals surface area contributed by atoms with E-state index < -0.39 is 12.2 Å². The number of carbonyl (C=O) groups excluding carboxylic acids is 1. The van der Waals surface area contributed by atoms with Crippen molar-refractivity contribution in [1.29, 1.82) is 0 Å². The van der Waals surface area contributed by atoms with E-state index in [1.807, 2.05) is 41.3 Å². The average molecular weight is 697 g/mol. The molecule has 6 rings (SSSR count). The van der Waals surface area contributed by atoms with Crippen LogP contribution in [-0.2, 0) is 47.8 Å². The Morgan fingerprint density at radius 2 is 1.12 bits per heavy atom. The molecule has 9 heteroatoms. The Balaban J connectivity index is 1.44. The number of amides is 2. The van der Waals surface area contributed by atoms with Gasteiger partial charge in [-0.15, -0.1) is 0 Å². The third kappa shape index (κ3) is 10.4. The smallest absolute Gasteiger partial charge is 0.321 e. The second-order valence-corrected chi connectivity index (χ2v) is 13.5. The number of methoxy groups -OCH3 is 2. The molecule has 0 N–H and O–H groups in total. The van der Waals surface area contributed by atoms with Gasteiger partial charge in [0.1, 0.15) is 25.8 Å². The van der Waals surface area contributed by atoms with Crippen molar-refractivity contribution < 1.29 is 33.2 Å². The summed E-state index contributed by atoms with van der Waals surface area (Å²) < 4.78 is 35.9. The van der Waals surface area contributed by atoms with Crippen molar-refractivity contribution in [1.82, 2.24) is 9.80 Å². The molecule has 2 fully saturated rings. The zero-order valence-corrected chi connectivity index (χ0v) is 29.9. The van der Waals surface area contributed by atoms with Crippen LogP contribution in [0.5, 0.6) is 0 Å². The number of hydrogen-bond acceptors (Lipinski definition) is 7. The summed E-state index contributed by atoms with van der Waals surface area (Å²) in [5, 5.41) is 2.31. The first-order chi connectivity index (χ1) is 25.1. The molecule has 272 valence electrons. The molecule has 51 heavy (non-hydrogen) atoms. The minimum absolute atomic E-state index is 0.00257. The third-order valence-corrected chi connectivity index (χ3v) is 9.82. The fraction of sp³-hybridized carbons (Fsp3) is 0.452. The van der Waals surface area contributed by atoms with E-state index in [1.165, 1.54) is 5.39 Å². The lowest BCUT2D eigenvalue weighted by molar-refractivity contribution is -0.192. The van der Waals surface area contributed by atoms with Gasteiger partial charge in [-0.05, 0) is 65.1 Å². The summed E-state index contributed by atoms with van der Waals surface area (Å²) in [5.74, 6) is 0.454. The molecule has 1 saturated heterocycles. The van der Waals surface area contributed by atoms with Gasteiger partial charge in [-0.2, -0.15) is 0 Å². The van der Waals surface area contributed by atoms with E-state index in [0.717, 1.165) is 34.9 Å². The summed E-state index contributed by atoms with van der Waals surface area (Å²) in [6.45, 7) is 2.83. The molecule has 0 unspecified atom stereocenters. The van der Waals surface area contributed by atoms with Crippen LogP contribution in [0.1, 0.15) is 29.5 Å². The van der Waals surface area contributed by atoms with Crippen molar-refractivity contribution in [3.8, 4) is 0 Å². The molecule has 2 aliphatic rings. The van der Waals surface area contributed by atoms with Gasteiger partial charge >= 0.3 is 6.03 Å². The second kappa shape index (κ2) is 19.1. The van der Waals surface area contributed by atoms with Crippen LogP contribution >= 0.6 is 0 Å². The molecule has 1 saturated carbocycles. The average Bonchev–Trinajstić information content (AvgIpc) is 4.00. The zero-order valence-electron chi connectivity index (χ0n) is 29.9. The number of hydrogen-bond donors (Lipinski definition) is 0. The summed E-state index contributed by atoms with van der Waals surface area (Å²) in [6, 6.07) is 34.8. The third-order valence-electron chi connectivity index (χ3n) is 9.82. The Hall–Kier alpha value is -3.83. The Morgan fingerprint density at radius 3 is 1.67 bits per heavy atom. The Morgan fingerprint density at radius 1 is 0.588 bits per heavy atom. The molecule has 4 aromatic rings. The summed E-state index contributed by atoms with van der Waals surface area (Å²) in [7, 11) is 3.30. The summed E-state index contributed by atoms with van der Waals surface area (Å²) in [4.78, 5) is 19.5. The molecule has 0 bridgehead atoms. The molecule has 0 aromatic heterocycles. The fourth-order valence-electron chi connectivity index (χ4n) is 6.98. The monoisotopic (exact) mass is 696 g/mol. The van der Waals surface area contributed by atoms with Crippen LogP contribution in [0.15, 0.2) is 103 Å². The summed E-state index contributed by atoms with van der Waals surface area (Å²) >= 11 is 0. The molecule has 0 spiro atoms. The predicted molar refractivity (Wildman–Crippen MR) is 197 cm³/mol. The molecule has 2 amide bonds. The van der Waals surface area contributed by atoms with Crippen LogP contribution in [0.3, 0.4) is 0 Å². The Labute approximate surface area is 302 Å². The SMILES string of the molecule is COCCOCO[C@@H]1[C@@H](OCOCCOC)[C@@H](Cc2ccccc2)N(CC2CC2)C(=O)N(Cc2ccc3ccccc3c2)[C@@H]1Cc1ccccc1. The molecular weight excluding hydrogens is 644 g/mol. The molecular formula is C42H52N2O7. The van der Waals surface area contributed by atoms with Crippen molar-refractivity contribution in [2.45, 2.75) is 56.5 Å². The van der Waals surface area contributed by atoms with E-state index in [2.05, 4.69) is 71.6 Å². The molecule has 0 radical (unpaired) electrons. The van der Waals surface area contributed by atoms with Crippen LogP contribution in [0.25, 0.3) is 10.8 Å². The topological polar surface area (TPSA) is 78.9 Å². The standard InChI is InChI=1S/C42H52N2O7/c1-46-21-23-48-30-50-40-38(26-32-11-5-3-6-12-32)43(28-34-17-18-34)42(45)44(29-35-19-20-36-15-9-10-16-37(36)25-35)39(27-33-13-7-4-8-14-33)41(40)51-31-49-24-22-47-2/h3-16,19-20,25,34,38-41H,17-18,21-24,26-31H2,1-2H3/t38-,39-,40+,41+/m1/s1. The second-order valence-electron chi connectivity index (χ2n) is 13.5. The molecule has 1 aliphatic heterocycles. The van der Waals surface area contributed by atoms with Crippen LogP contribution in [0, 0.1) is 5.92 Å². The molecule has 9 nitrogen and oxygen atoms in total. The van der Waals surface area contributed by atoms with Gasteiger partial charge in [0.2, 0.25) is 0 Å². The van der Waals surface area contributed by atoms with E-state index in [9.17, 15) is 0 Å². The lowest BCUT2D eigenvalue weighted by Crippen LogP contribution is -2.53. The first-order valence-corrected chi connectivity index (χ1v) is 18.1. The van der Waals surface area contributed by atoms with Gasteiger partial charge in [0.05, 0.1) is 38.5 Å². The maximum Gasteiger partial charge on any atom is 0.321 e. The normalized spacial score (nSPS) is 20.9. The number of urea groups is 1. The minimum Gasteiger partial charge on any atom is -0.382 e. The van der Waals surface area contributed by atoms with Crippen molar-refractivity contribution >= 4 is 16.8 Å². The first kappa shape index (κ1) is 36.9. The quantitative estimate of drug-likeness (QED) is 0.0750. The van der Waals surface area contributed by atoms with Gasteiger partial charge in [-0.1, -0.05) is 97.1 Å². The maximum atomic E-state index is 15.3. The van der Waals surface area contributed by atoms with Crippen molar-refractivity contribution in [2.75, 3.05) is 60.8 Å². The first-order valence-electron chi connectivity index (χ1n) is 18.1. The highest BCUT2D eigenvalue weighted by Crippen LogP contribution is 2.36. The molecule has 1 heterocycles. The van der Waals surface area contributed by atoms with Gasteiger partial charge in [-0.25, -0.2) is 4.79 Å². The molecule has 4 aromatic carbocycles. The van der Waals surface area contributed by atoms with Crippen LogP contribution in [0.2, 0.25) is 0 Å². The summed E-state index contributed by atoms with van der Waals surface area (Å²) in [5.41, 5.74) is 3.30. The predicted octanol–water partition coefficient (Wildman–Crippen LogP) is 6.72. The maximum absolute atomic E-state index is 15.3. The highest BCUT2D eigenvalue weighted by molar-refractivity contribution is 5.83. The van der Waals surface area contributed by atoms with Gasteiger partial charge in [0.25, 0.3) is 0 Å². The largest absolute Gasteiger partial charge is 0.382 e. The van der Waals surface area contributed by atoms with Gasteiger partial charge in [-0.3, -0.25) is 0 Å². The van der Waals surface area contributed by atoms with Gasteiger partial charge in [0, 0.05) is 27.3 Å². The van der Waals surface area contributed by atoms with Crippen molar-refractivity contribution in [3.05, 3.63) is 120 Å². The number of benzene rings is 4. The lowest BCUT2D eigenvalue weighted by atomic mass is 9.90. The van der Waals surface area contributed by atoms with Crippen molar-refractivity contribution in [2.24, 2.45) is 5.92 Å². The van der Waals surface area contributed by atoms with Crippen molar-refractivity contribution in [3.63, 3.8) is 0 Å². The minimum atomic E-state index is -0.555. The number of rotatable bonds is 20. The van der Waals surface area contributed by atoms with Crippen LogP contribution in [0.4, 0.5) is 4.79 Å². The van der Waals surface area contributed by atoms with E-state index in [4.69, 9.17) is 28.4 Å². The van der Waals surface area contributed by atoms with Crippen LogP contribution < -0.4 is 0 Å². The van der Waals surface area contributed by atoms with Gasteiger partial charge < -0.3 is 38.2 Å². The van der Waals surface area contributed by atoms with Gasteiger partial charge in [0.15, 0.2) is 0 Å². The summed E-state index contributed by atoms with van der Waals surface area (Å²) in [6.07, 6.45) is 2.31. The van der Waals surface area contributed by atoms with E-state index >= 15 is 4.79 Å².